The summed E-state index contributed by atoms with van der Waals surface area (Å²) in [6.45, 7) is 11.8. The van der Waals surface area contributed by atoms with Gasteiger partial charge in [0.15, 0.2) is 0 Å². The van der Waals surface area contributed by atoms with Gasteiger partial charge >= 0.3 is 7.12 Å². The molecule has 1 aromatic rings. The summed E-state index contributed by atoms with van der Waals surface area (Å²) in [6, 6.07) is 8.33. The molecule has 1 atom stereocenters. The van der Waals surface area contributed by atoms with Crippen LogP contribution in [0.1, 0.15) is 41.0 Å². The van der Waals surface area contributed by atoms with Gasteiger partial charge in [-0.25, -0.2) is 4.31 Å². The molecular formula is C17H26BNO3S. The van der Waals surface area contributed by atoms with Crippen LogP contribution in [0, 0.1) is 0 Å². The van der Waals surface area contributed by atoms with Gasteiger partial charge in [0.1, 0.15) is 0 Å². The minimum Gasteiger partial charge on any atom is -0.399 e. The molecule has 126 valence electrons. The Bertz CT molecular complexity index is 558. The number of hydrogen-bond acceptors (Lipinski definition) is 5. The van der Waals surface area contributed by atoms with Gasteiger partial charge in [-0.3, -0.25) is 0 Å². The van der Waals surface area contributed by atoms with E-state index >= 15 is 0 Å². The van der Waals surface area contributed by atoms with E-state index in [0.29, 0.717) is 6.54 Å². The van der Waals surface area contributed by atoms with Crippen molar-refractivity contribution in [3.05, 3.63) is 24.3 Å². The molecule has 6 heteroatoms. The molecule has 0 bridgehead atoms. The van der Waals surface area contributed by atoms with Crippen LogP contribution in [-0.2, 0) is 9.31 Å². The van der Waals surface area contributed by atoms with Gasteiger partial charge in [-0.15, -0.1) is 0 Å². The highest BCUT2D eigenvalue weighted by Gasteiger charge is 2.51. The second kappa shape index (κ2) is 5.78. The normalized spacial score (nSPS) is 30.1. The van der Waals surface area contributed by atoms with E-state index in [1.165, 1.54) is 4.90 Å². The lowest BCUT2D eigenvalue weighted by atomic mass is 9.79. The Hall–Kier alpha value is -0.525. The largest absolute Gasteiger partial charge is 0.494 e. The molecule has 0 amide bonds. The summed E-state index contributed by atoms with van der Waals surface area (Å²) in [4.78, 5) is 1.17. The maximum Gasteiger partial charge on any atom is 0.494 e. The number of benzene rings is 1. The van der Waals surface area contributed by atoms with Crippen LogP contribution in [0.5, 0.6) is 0 Å². The molecule has 2 heterocycles. The first-order chi connectivity index (χ1) is 10.6. The quantitative estimate of drug-likeness (QED) is 0.679. The maximum atomic E-state index is 10.0. The first-order valence-corrected chi connectivity index (χ1v) is 8.96. The van der Waals surface area contributed by atoms with Crippen LogP contribution in [0.3, 0.4) is 0 Å². The van der Waals surface area contributed by atoms with Crippen molar-refractivity contribution < 1.29 is 14.4 Å². The third kappa shape index (κ3) is 3.61. The fourth-order valence-electron chi connectivity index (χ4n) is 2.80. The molecule has 0 spiro atoms. The van der Waals surface area contributed by atoms with E-state index in [0.717, 1.165) is 18.4 Å². The highest BCUT2D eigenvalue weighted by atomic mass is 32.2. The van der Waals surface area contributed by atoms with Crippen LogP contribution in [0.25, 0.3) is 0 Å². The summed E-state index contributed by atoms with van der Waals surface area (Å²) in [5.41, 5.74) is -0.143. The average Bonchev–Trinajstić information content (AvgIpc) is 2.87. The number of rotatable bonds is 3. The number of nitrogens with zero attached hydrogens (tertiary/aromatic N) is 1. The van der Waals surface area contributed by atoms with E-state index in [1.54, 1.807) is 11.9 Å². The van der Waals surface area contributed by atoms with Crippen LogP contribution in [0.2, 0.25) is 0 Å². The Morgan fingerprint density at radius 2 is 1.61 bits per heavy atom. The topological polar surface area (TPSA) is 41.9 Å². The fraction of sp³-hybridized carbons (Fsp3) is 0.647. The van der Waals surface area contributed by atoms with E-state index in [-0.39, 0.29) is 18.3 Å². The summed E-state index contributed by atoms with van der Waals surface area (Å²) >= 11 is 1.70. The standard InChI is InChI=1S/C17H26BNO3S/c1-15(2)16(3,4)22-18(21-15)13-6-8-14(9-7-13)23-19-11-10-17(5,20)12-19/h6-9,20H,10-12H2,1-5H3. The lowest BCUT2D eigenvalue weighted by molar-refractivity contribution is 0.00578. The van der Waals surface area contributed by atoms with Crippen molar-refractivity contribution in [2.45, 2.75) is 62.7 Å². The minimum atomic E-state index is -0.560. The molecule has 0 radical (unpaired) electrons. The lowest BCUT2D eigenvalue weighted by Crippen LogP contribution is -2.41. The van der Waals surface area contributed by atoms with Crippen LogP contribution >= 0.6 is 11.9 Å². The van der Waals surface area contributed by atoms with Gasteiger partial charge in [0.05, 0.1) is 16.8 Å². The Labute approximate surface area is 143 Å². The van der Waals surface area contributed by atoms with Crippen molar-refractivity contribution in [1.29, 1.82) is 0 Å². The summed E-state index contributed by atoms with van der Waals surface area (Å²) in [5, 5.41) is 10.0. The molecule has 1 N–H and O–H groups in total. The Kier molecular flexibility index (Phi) is 4.35. The second-order valence-corrected chi connectivity index (χ2v) is 9.03. The summed E-state index contributed by atoms with van der Waals surface area (Å²) in [7, 11) is -0.313. The Morgan fingerprint density at radius 3 is 2.09 bits per heavy atom. The summed E-state index contributed by atoms with van der Waals surface area (Å²) in [5.74, 6) is 0. The van der Waals surface area contributed by atoms with Gasteiger partial charge in [-0.2, -0.15) is 0 Å². The molecule has 1 unspecified atom stereocenters. The number of aliphatic hydroxyl groups is 1. The first kappa shape index (κ1) is 17.3. The molecular weight excluding hydrogens is 309 g/mol. The smallest absolute Gasteiger partial charge is 0.399 e. The van der Waals surface area contributed by atoms with Crippen LogP contribution < -0.4 is 5.46 Å². The third-order valence-corrected chi connectivity index (χ3v) is 6.11. The van der Waals surface area contributed by atoms with Crippen molar-refractivity contribution in [3.63, 3.8) is 0 Å². The van der Waals surface area contributed by atoms with E-state index in [4.69, 9.17) is 9.31 Å². The predicted octanol–water partition coefficient (Wildman–Crippen LogP) is 2.45. The molecule has 2 fully saturated rings. The van der Waals surface area contributed by atoms with Gasteiger partial charge in [0.25, 0.3) is 0 Å². The maximum absolute atomic E-state index is 10.0. The van der Waals surface area contributed by atoms with Gasteiger partial charge in [0, 0.05) is 18.0 Å². The molecule has 0 aromatic heterocycles. The van der Waals surface area contributed by atoms with Gasteiger partial charge in [0.2, 0.25) is 0 Å². The van der Waals surface area contributed by atoms with Crippen molar-refractivity contribution in [2.75, 3.05) is 13.1 Å². The van der Waals surface area contributed by atoms with Gasteiger partial charge in [-0.05, 0) is 70.6 Å². The fourth-order valence-corrected chi connectivity index (χ4v) is 3.88. The molecule has 2 aliphatic rings. The highest BCUT2D eigenvalue weighted by molar-refractivity contribution is 7.97. The number of β-amino-alcohol motifs (C(OH)–C–C–N with tert-alkyl or cyclic N) is 1. The van der Waals surface area contributed by atoms with Crippen molar-refractivity contribution in [3.8, 4) is 0 Å². The average molecular weight is 335 g/mol. The molecule has 1 aromatic carbocycles. The van der Waals surface area contributed by atoms with Crippen LogP contribution in [-0.4, -0.2) is 46.4 Å². The zero-order valence-corrected chi connectivity index (χ0v) is 15.4. The zero-order chi connectivity index (χ0) is 16.9. The summed E-state index contributed by atoms with van der Waals surface area (Å²) < 4.78 is 14.4. The minimum absolute atomic E-state index is 0.313. The molecule has 4 nitrogen and oxygen atoms in total. The first-order valence-electron chi connectivity index (χ1n) is 8.19. The molecule has 0 saturated carbocycles. The zero-order valence-electron chi connectivity index (χ0n) is 14.6. The van der Waals surface area contributed by atoms with Gasteiger partial charge < -0.3 is 14.4 Å². The SMILES string of the molecule is CC1(O)CCN(Sc2ccc(B3OC(C)(C)C(C)(C)O3)cc2)C1. The van der Waals surface area contributed by atoms with Crippen molar-refractivity contribution in [2.24, 2.45) is 0 Å². The third-order valence-electron chi connectivity index (χ3n) is 5.06. The van der Waals surface area contributed by atoms with Gasteiger partial charge in [-0.1, -0.05) is 12.1 Å². The van der Waals surface area contributed by atoms with Crippen LogP contribution in [0.15, 0.2) is 29.2 Å². The highest BCUT2D eigenvalue weighted by Crippen LogP contribution is 2.36. The van der Waals surface area contributed by atoms with E-state index < -0.39 is 5.60 Å². The monoisotopic (exact) mass is 335 g/mol. The van der Waals surface area contributed by atoms with Crippen molar-refractivity contribution in [1.82, 2.24) is 4.31 Å². The van der Waals surface area contributed by atoms with E-state index in [1.807, 2.05) is 6.92 Å². The molecule has 2 aliphatic heterocycles. The van der Waals surface area contributed by atoms with E-state index in [2.05, 4.69) is 56.3 Å². The lowest BCUT2D eigenvalue weighted by Gasteiger charge is -2.32. The predicted molar refractivity (Wildman–Crippen MR) is 94.8 cm³/mol. The van der Waals surface area contributed by atoms with Crippen molar-refractivity contribution >= 4 is 24.5 Å². The Morgan fingerprint density at radius 1 is 1.04 bits per heavy atom. The molecule has 3 rings (SSSR count). The Balaban J connectivity index is 1.64. The van der Waals surface area contributed by atoms with E-state index in [9.17, 15) is 5.11 Å². The molecule has 23 heavy (non-hydrogen) atoms. The van der Waals surface area contributed by atoms with Crippen LogP contribution in [0.4, 0.5) is 0 Å². The second-order valence-electron chi connectivity index (χ2n) is 7.86. The summed E-state index contributed by atoms with van der Waals surface area (Å²) in [6.07, 6.45) is 0.825. The molecule has 0 aliphatic carbocycles. The number of hydrogen-bond donors (Lipinski definition) is 1. The molecule has 2 saturated heterocycles.